The second-order valence-corrected chi connectivity index (χ2v) is 7.12. The van der Waals surface area contributed by atoms with Gasteiger partial charge in [0.1, 0.15) is 24.0 Å². The van der Waals surface area contributed by atoms with E-state index < -0.39 is 0 Å². The fourth-order valence-corrected chi connectivity index (χ4v) is 3.95. The number of pyridine rings is 1. The molecular weight excluding hydrogens is 349 g/mol. The summed E-state index contributed by atoms with van der Waals surface area (Å²) in [6.45, 7) is 2.10. The molecule has 0 aliphatic rings. The number of aromatic nitrogens is 1. The van der Waals surface area contributed by atoms with Crippen molar-refractivity contribution in [3.8, 4) is 22.4 Å². The normalized spacial score (nSPS) is 11.4. The van der Waals surface area contributed by atoms with Gasteiger partial charge in [-0.2, -0.15) is 0 Å². The van der Waals surface area contributed by atoms with Crippen LogP contribution in [0.15, 0.2) is 83.4 Å². The minimum Gasteiger partial charge on any atom is -0.456 e. The third kappa shape index (κ3) is 2.51. The first kappa shape index (κ1) is 16.7. The number of aryl methyl sites for hydroxylation is 2. The van der Waals surface area contributed by atoms with Gasteiger partial charge in [-0.15, -0.1) is 0 Å². The zero-order chi connectivity index (χ0) is 19.3. The molecule has 0 saturated carbocycles. The van der Waals surface area contributed by atoms with Gasteiger partial charge in [0.25, 0.3) is 0 Å². The molecule has 5 rings (SSSR count). The van der Waals surface area contributed by atoms with E-state index in [1.807, 2.05) is 67.8 Å². The molecule has 0 unspecified atom stereocenters. The minimum atomic E-state index is -0.277. The first-order chi connectivity index (χ1) is 13.6. The molecule has 2 aromatic heterocycles. The SMILES string of the molecule is Cc1ccc2oc3cc(F)c(-c4ccccc4)cc3c2c1-c1cccc[n+]1C. The number of hydrogen-bond acceptors (Lipinski definition) is 1. The summed E-state index contributed by atoms with van der Waals surface area (Å²) in [5, 5.41) is 1.95. The van der Waals surface area contributed by atoms with Crippen LogP contribution in [-0.2, 0) is 7.05 Å². The summed E-state index contributed by atoms with van der Waals surface area (Å²) < 4.78 is 23.0. The van der Waals surface area contributed by atoms with Crippen LogP contribution in [-0.4, -0.2) is 0 Å². The number of halogens is 1. The van der Waals surface area contributed by atoms with Gasteiger partial charge >= 0.3 is 0 Å². The monoisotopic (exact) mass is 368 g/mol. The lowest BCUT2D eigenvalue weighted by molar-refractivity contribution is -0.660. The van der Waals surface area contributed by atoms with Crippen molar-refractivity contribution >= 4 is 21.9 Å². The molecular formula is C25H19FNO+. The van der Waals surface area contributed by atoms with E-state index in [0.717, 1.165) is 38.7 Å². The third-order valence-electron chi connectivity index (χ3n) is 5.33. The summed E-state index contributed by atoms with van der Waals surface area (Å²) in [7, 11) is 2.03. The molecule has 2 heterocycles. The molecule has 28 heavy (non-hydrogen) atoms. The maximum atomic E-state index is 14.8. The Morgan fingerprint density at radius 3 is 2.43 bits per heavy atom. The number of nitrogens with zero attached hydrogens (tertiary/aromatic N) is 1. The van der Waals surface area contributed by atoms with Gasteiger partial charge < -0.3 is 4.42 Å². The molecule has 5 aromatic rings. The fraction of sp³-hybridized carbons (Fsp3) is 0.0800. The highest BCUT2D eigenvalue weighted by atomic mass is 19.1. The van der Waals surface area contributed by atoms with Crippen LogP contribution in [0.25, 0.3) is 44.3 Å². The summed E-state index contributed by atoms with van der Waals surface area (Å²) in [6.07, 6.45) is 2.03. The largest absolute Gasteiger partial charge is 0.456 e. The van der Waals surface area contributed by atoms with Crippen molar-refractivity contribution in [3.63, 3.8) is 0 Å². The Labute approximate surface area is 162 Å². The van der Waals surface area contributed by atoms with Crippen molar-refractivity contribution in [1.82, 2.24) is 0 Å². The zero-order valence-electron chi connectivity index (χ0n) is 15.7. The van der Waals surface area contributed by atoms with E-state index in [1.54, 1.807) is 0 Å². The summed E-state index contributed by atoms with van der Waals surface area (Å²) >= 11 is 0. The molecule has 136 valence electrons. The van der Waals surface area contributed by atoms with E-state index >= 15 is 0 Å². The lowest BCUT2D eigenvalue weighted by Gasteiger charge is -2.07. The van der Waals surface area contributed by atoms with Crippen LogP contribution in [0, 0.1) is 12.7 Å². The second kappa shape index (κ2) is 6.31. The van der Waals surface area contributed by atoms with Gasteiger partial charge in [-0.3, -0.25) is 0 Å². The van der Waals surface area contributed by atoms with E-state index in [-0.39, 0.29) is 5.82 Å². The summed E-state index contributed by atoms with van der Waals surface area (Å²) in [5.41, 5.74) is 6.14. The standard InChI is InChI=1S/C25H19FNO/c1-16-11-12-22-25(24(16)21-10-6-7-13-27(21)2)19-14-18(17-8-4-3-5-9-17)20(26)15-23(19)28-22/h3-15H,1-2H3/q+1. The molecule has 0 bridgehead atoms. The first-order valence-electron chi connectivity index (χ1n) is 9.29. The van der Waals surface area contributed by atoms with E-state index in [4.69, 9.17) is 4.42 Å². The smallest absolute Gasteiger partial charge is 0.213 e. The highest BCUT2D eigenvalue weighted by molar-refractivity contribution is 6.13. The van der Waals surface area contributed by atoms with E-state index in [0.29, 0.717) is 11.1 Å². The van der Waals surface area contributed by atoms with Crippen molar-refractivity contribution in [2.24, 2.45) is 7.05 Å². The van der Waals surface area contributed by atoms with Gasteiger partial charge in [0, 0.05) is 34.5 Å². The summed E-state index contributed by atoms with van der Waals surface area (Å²) in [4.78, 5) is 0. The number of hydrogen-bond donors (Lipinski definition) is 0. The molecule has 0 radical (unpaired) electrons. The molecule has 3 heteroatoms. The Morgan fingerprint density at radius 1 is 0.857 bits per heavy atom. The molecule has 0 aliphatic carbocycles. The Bertz CT molecular complexity index is 1340. The molecule has 0 spiro atoms. The molecule has 0 amide bonds. The van der Waals surface area contributed by atoms with Gasteiger partial charge in [0.2, 0.25) is 5.69 Å². The number of furan rings is 1. The van der Waals surface area contributed by atoms with Gasteiger partial charge in [-0.05, 0) is 36.2 Å². The highest BCUT2D eigenvalue weighted by Gasteiger charge is 2.21. The van der Waals surface area contributed by atoms with Crippen LogP contribution in [0.2, 0.25) is 0 Å². The first-order valence-corrected chi connectivity index (χ1v) is 9.29. The van der Waals surface area contributed by atoms with Gasteiger partial charge in [0.05, 0.1) is 5.56 Å². The highest BCUT2D eigenvalue weighted by Crippen LogP contribution is 2.40. The van der Waals surface area contributed by atoms with Crippen molar-refractivity contribution in [3.05, 3.63) is 90.4 Å². The Morgan fingerprint density at radius 2 is 1.64 bits per heavy atom. The lowest BCUT2D eigenvalue weighted by Crippen LogP contribution is -2.30. The van der Waals surface area contributed by atoms with E-state index in [9.17, 15) is 4.39 Å². The number of rotatable bonds is 2. The molecule has 0 saturated heterocycles. The number of fused-ring (bicyclic) bond motifs is 3. The lowest BCUT2D eigenvalue weighted by atomic mass is 9.96. The summed E-state index contributed by atoms with van der Waals surface area (Å²) in [6, 6.07) is 23.2. The predicted molar refractivity (Wildman–Crippen MR) is 110 cm³/mol. The third-order valence-corrected chi connectivity index (χ3v) is 5.33. The molecule has 0 fully saturated rings. The molecule has 0 aliphatic heterocycles. The van der Waals surface area contributed by atoms with Crippen molar-refractivity contribution in [2.75, 3.05) is 0 Å². The van der Waals surface area contributed by atoms with Gasteiger partial charge in [-0.25, -0.2) is 8.96 Å². The molecule has 3 aromatic carbocycles. The Hall–Kier alpha value is -3.46. The zero-order valence-corrected chi connectivity index (χ0v) is 15.7. The van der Waals surface area contributed by atoms with E-state index in [2.05, 4.69) is 23.6 Å². The van der Waals surface area contributed by atoms with Crippen LogP contribution in [0.5, 0.6) is 0 Å². The van der Waals surface area contributed by atoms with Crippen molar-refractivity contribution in [1.29, 1.82) is 0 Å². The average molecular weight is 368 g/mol. The van der Waals surface area contributed by atoms with Gasteiger partial charge in [-0.1, -0.05) is 36.4 Å². The number of benzene rings is 3. The topological polar surface area (TPSA) is 17.0 Å². The molecule has 0 N–H and O–H groups in total. The minimum absolute atomic E-state index is 0.277. The maximum Gasteiger partial charge on any atom is 0.213 e. The van der Waals surface area contributed by atoms with E-state index in [1.165, 1.54) is 6.07 Å². The van der Waals surface area contributed by atoms with Crippen molar-refractivity contribution in [2.45, 2.75) is 6.92 Å². The summed E-state index contributed by atoms with van der Waals surface area (Å²) in [5.74, 6) is -0.277. The van der Waals surface area contributed by atoms with Crippen LogP contribution >= 0.6 is 0 Å². The Balaban J connectivity index is 1.90. The van der Waals surface area contributed by atoms with Crippen LogP contribution in [0.4, 0.5) is 4.39 Å². The predicted octanol–water partition coefficient (Wildman–Crippen LogP) is 6.19. The molecule has 2 nitrogen and oxygen atoms in total. The average Bonchev–Trinajstić information content (AvgIpc) is 3.06. The maximum absolute atomic E-state index is 14.8. The van der Waals surface area contributed by atoms with Crippen LogP contribution in [0.1, 0.15) is 5.56 Å². The van der Waals surface area contributed by atoms with Gasteiger partial charge in [0.15, 0.2) is 6.20 Å². The van der Waals surface area contributed by atoms with Crippen molar-refractivity contribution < 1.29 is 13.4 Å². The quantitative estimate of drug-likeness (QED) is 0.339. The fourth-order valence-electron chi connectivity index (χ4n) is 3.95. The second-order valence-electron chi connectivity index (χ2n) is 7.12. The van der Waals surface area contributed by atoms with Crippen LogP contribution in [0.3, 0.4) is 0 Å². The molecule has 0 atom stereocenters. The van der Waals surface area contributed by atoms with Crippen LogP contribution < -0.4 is 4.57 Å². The Kier molecular flexibility index (Phi) is 3.76.